The smallest absolute Gasteiger partial charge is 0.303 e. The summed E-state index contributed by atoms with van der Waals surface area (Å²) in [7, 11) is 0. The van der Waals surface area contributed by atoms with Gasteiger partial charge in [0.1, 0.15) is 11.9 Å². The molecule has 0 amide bonds. The molecule has 0 radical (unpaired) electrons. The van der Waals surface area contributed by atoms with Crippen LogP contribution in [-0.4, -0.2) is 40.9 Å². The van der Waals surface area contributed by atoms with Crippen LogP contribution in [0.25, 0.3) is 21.2 Å². The molecule has 1 fully saturated rings. The molecule has 3 aromatic rings. The van der Waals surface area contributed by atoms with Crippen LogP contribution in [0.3, 0.4) is 0 Å². The van der Waals surface area contributed by atoms with Gasteiger partial charge >= 0.3 is 5.97 Å². The van der Waals surface area contributed by atoms with Gasteiger partial charge < -0.3 is 14.6 Å². The van der Waals surface area contributed by atoms with Gasteiger partial charge in [-0.15, -0.1) is 0 Å². The van der Waals surface area contributed by atoms with Gasteiger partial charge in [0, 0.05) is 34.1 Å². The van der Waals surface area contributed by atoms with Crippen molar-refractivity contribution in [2.24, 2.45) is 5.11 Å². The fourth-order valence-corrected chi connectivity index (χ4v) is 5.17. The number of carbonyl (C=O) groups is 3. The van der Waals surface area contributed by atoms with E-state index in [9.17, 15) is 19.5 Å². The number of phenolic OH excluding ortho intramolecular Hbond substituents is 1. The van der Waals surface area contributed by atoms with Gasteiger partial charge in [-0.05, 0) is 29.6 Å². The zero-order chi connectivity index (χ0) is 24.9. The quantitative estimate of drug-likeness (QED) is 0.197. The van der Waals surface area contributed by atoms with Gasteiger partial charge in [0.2, 0.25) is 0 Å². The Morgan fingerprint density at radius 3 is 2.29 bits per heavy atom. The molecule has 5 rings (SSSR count). The van der Waals surface area contributed by atoms with Crippen LogP contribution in [0, 0.1) is 0 Å². The van der Waals surface area contributed by atoms with Gasteiger partial charge in [-0.1, -0.05) is 53.6 Å². The van der Waals surface area contributed by atoms with Crippen molar-refractivity contribution >= 4 is 28.3 Å². The lowest BCUT2D eigenvalue weighted by Crippen LogP contribution is -2.45. The maximum atomic E-state index is 13.5. The average Bonchev–Trinajstić information content (AvgIpc) is 2.84. The molecule has 9 nitrogen and oxygen atoms in total. The van der Waals surface area contributed by atoms with Crippen LogP contribution in [-0.2, 0) is 14.3 Å². The van der Waals surface area contributed by atoms with Gasteiger partial charge in [0.25, 0.3) is 0 Å². The fraction of sp³-hybridized carbons (Fsp3) is 0.269. The molecule has 0 saturated carbocycles. The van der Waals surface area contributed by atoms with Crippen LogP contribution in [0.1, 0.15) is 63.8 Å². The second-order valence-corrected chi connectivity index (χ2v) is 8.67. The molecule has 0 aromatic heterocycles. The van der Waals surface area contributed by atoms with Gasteiger partial charge in [-0.2, -0.15) is 0 Å². The number of hydrogen-bond acceptors (Lipinski definition) is 7. The van der Waals surface area contributed by atoms with Gasteiger partial charge in [-0.25, -0.2) is 0 Å². The Bertz CT molecular complexity index is 1460. The van der Waals surface area contributed by atoms with Crippen molar-refractivity contribution in [3.8, 4) is 5.75 Å². The number of ketones is 2. The number of phenols is 1. The first-order valence-corrected chi connectivity index (χ1v) is 11.2. The largest absolute Gasteiger partial charge is 0.507 e. The average molecular weight is 471 g/mol. The highest BCUT2D eigenvalue weighted by Crippen LogP contribution is 2.47. The van der Waals surface area contributed by atoms with Crippen molar-refractivity contribution < 1.29 is 29.0 Å². The molecule has 1 N–H and O–H groups in total. The molecular weight excluding hydrogens is 450 g/mol. The maximum Gasteiger partial charge on any atom is 0.303 e. The first kappa shape index (κ1) is 22.6. The summed E-state index contributed by atoms with van der Waals surface area (Å²) in [6.07, 6.45) is -2.16. The summed E-state index contributed by atoms with van der Waals surface area (Å²) in [5.74, 6) is -1.66. The fourth-order valence-electron chi connectivity index (χ4n) is 5.17. The standard InChI is InChI=1S/C26H21N3O6/c1-12-26(35-13(2)30)18(28-29-27)11-19(34-12)20-14-7-3-4-8-15(14)21-22(25(20)33)24(32)17-10-6-5-9-16(17)23(21)31/h3-10,12,18-19,26,33H,11H2,1-2H3/t12-,18-,19-,26-/m1/s1. The molecule has 0 spiro atoms. The van der Waals surface area contributed by atoms with Crippen molar-refractivity contribution in [3.05, 3.63) is 86.8 Å². The lowest BCUT2D eigenvalue weighted by atomic mass is 9.78. The summed E-state index contributed by atoms with van der Waals surface area (Å²) in [6.45, 7) is 2.94. The predicted molar refractivity (Wildman–Crippen MR) is 125 cm³/mol. The number of nitrogens with zero attached hydrogens (tertiary/aromatic N) is 3. The first-order chi connectivity index (χ1) is 16.8. The van der Waals surface area contributed by atoms with E-state index < -0.39 is 36.1 Å². The molecule has 35 heavy (non-hydrogen) atoms. The highest BCUT2D eigenvalue weighted by atomic mass is 16.6. The Labute approximate surface area is 199 Å². The first-order valence-electron chi connectivity index (χ1n) is 11.2. The van der Waals surface area contributed by atoms with Crippen molar-refractivity contribution in [1.29, 1.82) is 0 Å². The van der Waals surface area contributed by atoms with Crippen LogP contribution in [0.2, 0.25) is 0 Å². The number of hydrogen-bond donors (Lipinski definition) is 1. The van der Waals surface area contributed by atoms with E-state index in [0.29, 0.717) is 16.3 Å². The van der Waals surface area contributed by atoms with Gasteiger partial charge in [0.05, 0.1) is 23.8 Å². The Hall–Kier alpha value is -4.20. The number of carbonyl (C=O) groups excluding carboxylic acids is 3. The number of esters is 1. The molecule has 0 unspecified atom stereocenters. The lowest BCUT2D eigenvalue weighted by Gasteiger charge is -2.39. The summed E-state index contributed by atoms with van der Waals surface area (Å²) in [6, 6.07) is 12.8. The van der Waals surface area contributed by atoms with E-state index >= 15 is 0 Å². The zero-order valence-corrected chi connectivity index (χ0v) is 19.0. The second kappa shape index (κ2) is 8.54. The summed E-state index contributed by atoms with van der Waals surface area (Å²) in [4.78, 5) is 41.4. The third-order valence-corrected chi connectivity index (χ3v) is 6.60. The maximum absolute atomic E-state index is 13.5. The molecular formula is C26H21N3O6. The highest BCUT2D eigenvalue weighted by Gasteiger charge is 2.42. The third-order valence-electron chi connectivity index (χ3n) is 6.60. The SMILES string of the molecule is CC(=O)O[C@H]1[C@H](N=[N+]=[N-])C[C@H](c2c(O)c3c(c4ccccc24)C(=O)c2ccccc2C3=O)O[C@@H]1C. The van der Waals surface area contributed by atoms with Crippen molar-refractivity contribution in [3.63, 3.8) is 0 Å². The molecule has 1 saturated heterocycles. The van der Waals surface area contributed by atoms with Crippen LogP contribution in [0.5, 0.6) is 5.75 Å². The molecule has 1 aliphatic heterocycles. The van der Waals surface area contributed by atoms with Crippen molar-refractivity contribution in [1.82, 2.24) is 0 Å². The van der Waals surface area contributed by atoms with Crippen molar-refractivity contribution in [2.75, 3.05) is 0 Å². The Balaban J connectivity index is 1.71. The summed E-state index contributed by atoms with van der Waals surface area (Å²) in [5, 5.41) is 16.4. The molecule has 0 bridgehead atoms. The Morgan fingerprint density at radius 2 is 1.66 bits per heavy atom. The van der Waals surface area contributed by atoms with E-state index in [4.69, 9.17) is 15.0 Å². The van der Waals surface area contributed by atoms with Crippen LogP contribution in [0.4, 0.5) is 0 Å². The molecule has 4 atom stereocenters. The predicted octanol–water partition coefficient (Wildman–Crippen LogP) is 4.78. The van der Waals surface area contributed by atoms with E-state index in [2.05, 4.69) is 10.0 Å². The monoisotopic (exact) mass is 471 g/mol. The number of azide groups is 1. The van der Waals surface area contributed by atoms with Crippen molar-refractivity contribution in [2.45, 2.75) is 44.6 Å². The Kier molecular flexibility index (Phi) is 5.51. The molecule has 2 aliphatic rings. The number of benzene rings is 3. The lowest BCUT2D eigenvalue weighted by molar-refractivity contribution is -0.171. The molecule has 176 valence electrons. The topological polar surface area (TPSA) is 139 Å². The van der Waals surface area contributed by atoms with E-state index in [1.165, 1.54) is 6.92 Å². The van der Waals surface area contributed by atoms with Crippen LogP contribution in [0.15, 0.2) is 53.6 Å². The normalized spacial score (nSPS) is 23.3. The third kappa shape index (κ3) is 3.53. The van der Waals surface area contributed by atoms with E-state index in [1.807, 2.05) is 0 Å². The number of ether oxygens (including phenoxy) is 2. The van der Waals surface area contributed by atoms with Crippen LogP contribution >= 0.6 is 0 Å². The minimum Gasteiger partial charge on any atom is -0.507 e. The number of fused-ring (bicyclic) bond motifs is 4. The number of aromatic hydroxyl groups is 1. The minimum absolute atomic E-state index is 0.0684. The van der Waals surface area contributed by atoms with E-state index in [0.717, 1.165) is 0 Å². The molecule has 1 aliphatic carbocycles. The van der Waals surface area contributed by atoms with Crippen LogP contribution < -0.4 is 0 Å². The second-order valence-electron chi connectivity index (χ2n) is 8.67. The summed E-state index contributed by atoms with van der Waals surface area (Å²) < 4.78 is 11.5. The molecule has 9 heteroatoms. The molecule has 1 heterocycles. The van der Waals surface area contributed by atoms with Gasteiger partial charge in [-0.3, -0.25) is 14.4 Å². The summed E-state index contributed by atoms with van der Waals surface area (Å²) in [5.41, 5.74) is 10.0. The van der Waals surface area contributed by atoms with E-state index in [1.54, 1.807) is 55.5 Å². The van der Waals surface area contributed by atoms with Gasteiger partial charge in [0.15, 0.2) is 11.6 Å². The highest BCUT2D eigenvalue weighted by molar-refractivity contribution is 6.33. The molecule has 3 aromatic carbocycles. The summed E-state index contributed by atoms with van der Waals surface area (Å²) >= 11 is 0. The number of rotatable bonds is 3. The minimum atomic E-state index is -0.805. The zero-order valence-electron chi connectivity index (χ0n) is 19.0. The Morgan fingerprint density at radius 1 is 1.06 bits per heavy atom. The van der Waals surface area contributed by atoms with E-state index in [-0.39, 0.29) is 40.2 Å².